The molecule has 4 heteroatoms. The Kier molecular flexibility index (Phi) is 3.65. The minimum atomic E-state index is -4.31. The predicted molar refractivity (Wildman–Crippen MR) is 63.4 cm³/mol. The Balaban J connectivity index is 3.13. The van der Waals surface area contributed by atoms with Crippen LogP contribution in [0.2, 0.25) is 0 Å². The van der Waals surface area contributed by atoms with Crippen molar-refractivity contribution in [2.75, 3.05) is 0 Å². The van der Waals surface area contributed by atoms with Gasteiger partial charge in [0.2, 0.25) is 0 Å². The average Bonchev–Trinajstić information content (AvgIpc) is 2.14. The molecule has 0 radical (unpaired) electrons. The molecule has 0 heterocycles. The van der Waals surface area contributed by atoms with Crippen LogP contribution < -0.4 is 0 Å². The zero-order valence-electron chi connectivity index (χ0n) is 10.4. The highest BCUT2D eigenvalue weighted by Gasteiger charge is 2.30. The Hall–Kier alpha value is -1.32. The van der Waals surface area contributed by atoms with Crippen LogP contribution >= 0.6 is 0 Å². The highest BCUT2D eigenvalue weighted by Crippen LogP contribution is 2.29. The maximum Gasteiger partial charge on any atom is 0.416 e. The van der Waals surface area contributed by atoms with Crippen molar-refractivity contribution in [3.63, 3.8) is 0 Å². The van der Waals surface area contributed by atoms with Crippen molar-refractivity contribution in [2.24, 2.45) is 4.99 Å². The van der Waals surface area contributed by atoms with Gasteiger partial charge in [-0.05, 0) is 45.4 Å². The summed E-state index contributed by atoms with van der Waals surface area (Å²) in [6, 6.07) is 5.23. The Morgan fingerprint density at radius 1 is 1.12 bits per heavy atom. The van der Waals surface area contributed by atoms with E-state index in [1.807, 2.05) is 20.8 Å². The van der Waals surface area contributed by atoms with E-state index in [4.69, 9.17) is 0 Å². The molecule has 0 aliphatic carbocycles. The van der Waals surface area contributed by atoms with Crippen molar-refractivity contribution in [3.8, 4) is 0 Å². The predicted octanol–water partition coefficient (Wildman–Crippen LogP) is 4.31. The first-order valence-electron chi connectivity index (χ1n) is 5.34. The highest BCUT2D eigenvalue weighted by atomic mass is 19.4. The van der Waals surface area contributed by atoms with Gasteiger partial charge in [-0.15, -0.1) is 0 Å². The highest BCUT2D eigenvalue weighted by molar-refractivity contribution is 5.99. The zero-order valence-corrected chi connectivity index (χ0v) is 10.4. The molecule has 17 heavy (non-hydrogen) atoms. The first-order valence-corrected chi connectivity index (χ1v) is 5.34. The molecule has 0 fully saturated rings. The minimum Gasteiger partial charge on any atom is -0.284 e. The Morgan fingerprint density at radius 2 is 1.71 bits per heavy atom. The zero-order chi connectivity index (χ0) is 13.3. The maximum absolute atomic E-state index is 12.5. The molecule has 94 valence electrons. The van der Waals surface area contributed by atoms with E-state index in [0.717, 1.165) is 12.1 Å². The van der Waals surface area contributed by atoms with E-state index in [1.165, 1.54) is 6.07 Å². The lowest BCUT2D eigenvalue weighted by atomic mass is 10.1. The summed E-state index contributed by atoms with van der Waals surface area (Å²) in [6.07, 6.45) is -4.31. The second kappa shape index (κ2) is 4.51. The molecular formula is C13H16F3N. The fraction of sp³-hybridized carbons (Fsp3) is 0.462. The number of halogens is 3. The van der Waals surface area contributed by atoms with E-state index >= 15 is 0 Å². The van der Waals surface area contributed by atoms with Crippen LogP contribution in [-0.4, -0.2) is 11.3 Å². The summed E-state index contributed by atoms with van der Waals surface area (Å²) in [7, 11) is 0. The molecule has 0 N–H and O–H groups in total. The van der Waals surface area contributed by atoms with Crippen molar-refractivity contribution in [2.45, 2.75) is 39.4 Å². The summed E-state index contributed by atoms with van der Waals surface area (Å²) in [5.41, 5.74) is 0.190. The third-order valence-corrected chi connectivity index (χ3v) is 2.11. The number of benzene rings is 1. The van der Waals surface area contributed by atoms with E-state index in [1.54, 1.807) is 13.0 Å². The monoisotopic (exact) mass is 243 g/mol. The van der Waals surface area contributed by atoms with E-state index in [2.05, 4.69) is 4.99 Å². The van der Waals surface area contributed by atoms with Gasteiger partial charge in [0.05, 0.1) is 11.1 Å². The van der Waals surface area contributed by atoms with E-state index in [9.17, 15) is 13.2 Å². The molecule has 0 spiro atoms. The summed E-state index contributed by atoms with van der Waals surface area (Å²) in [4.78, 5) is 4.35. The van der Waals surface area contributed by atoms with Crippen LogP contribution in [0.5, 0.6) is 0 Å². The molecule has 0 aliphatic heterocycles. The van der Waals surface area contributed by atoms with E-state index in [-0.39, 0.29) is 5.54 Å². The Bertz CT molecular complexity index is 425. The van der Waals surface area contributed by atoms with Gasteiger partial charge in [0, 0.05) is 5.71 Å². The van der Waals surface area contributed by atoms with Gasteiger partial charge >= 0.3 is 6.18 Å². The normalized spacial score (nSPS) is 13.9. The molecule has 1 aromatic carbocycles. The molecule has 0 saturated heterocycles. The number of rotatable bonds is 1. The van der Waals surface area contributed by atoms with Crippen LogP contribution in [0.25, 0.3) is 0 Å². The van der Waals surface area contributed by atoms with Gasteiger partial charge in [-0.2, -0.15) is 13.2 Å². The van der Waals surface area contributed by atoms with Crippen LogP contribution in [0.15, 0.2) is 29.3 Å². The van der Waals surface area contributed by atoms with Crippen LogP contribution in [-0.2, 0) is 6.18 Å². The molecular weight excluding hydrogens is 227 g/mol. The third-order valence-electron chi connectivity index (χ3n) is 2.11. The Morgan fingerprint density at radius 3 is 2.18 bits per heavy atom. The molecule has 0 bridgehead atoms. The second-order valence-corrected chi connectivity index (χ2v) is 4.95. The van der Waals surface area contributed by atoms with Gasteiger partial charge in [-0.3, -0.25) is 4.99 Å². The molecule has 0 aromatic heterocycles. The quantitative estimate of drug-likeness (QED) is 0.651. The van der Waals surface area contributed by atoms with Crippen molar-refractivity contribution < 1.29 is 13.2 Å². The fourth-order valence-electron chi connectivity index (χ4n) is 1.49. The fourth-order valence-corrected chi connectivity index (χ4v) is 1.49. The van der Waals surface area contributed by atoms with E-state index < -0.39 is 11.7 Å². The molecule has 0 unspecified atom stereocenters. The van der Waals surface area contributed by atoms with Gasteiger partial charge in [0.1, 0.15) is 0 Å². The summed E-state index contributed by atoms with van der Waals surface area (Å²) < 4.78 is 37.6. The summed E-state index contributed by atoms with van der Waals surface area (Å²) in [6.45, 7) is 7.44. The topological polar surface area (TPSA) is 12.4 Å². The molecule has 1 nitrogen and oxygen atoms in total. The van der Waals surface area contributed by atoms with Crippen LogP contribution in [0.1, 0.15) is 38.8 Å². The minimum absolute atomic E-state index is 0.293. The van der Waals surface area contributed by atoms with Gasteiger partial charge in [-0.1, -0.05) is 12.1 Å². The Labute approximate surface area is 99.4 Å². The molecule has 0 aliphatic rings. The maximum atomic E-state index is 12.5. The first kappa shape index (κ1) is 13.7. The molecule has 0 saturated carbocycles. The van der Waals surface area contributed by atoms with Gasteiger partial charge in [-0.25, -0.2) is 0 Å². The lowest BCUT2D eigenvalue weighted by Crippen LogP contribution is -2.14. The standard InChI is InChI=1S/C13H16F3N/c1-9(17-12(2,3)4)10-6-5-7-11(8-10)13(14,15)16/h5-8H,1-4H3. The number of hydrogen-bond donors (Lipinski definition) is 0. The number of aliphatic imine (C=N–C) groups is 1. The lowest BCUT2D eigenvalue weighted by Gasteiger charge is -2.15. The largest absolute Gasteiger partial charge is 0.416 e. The first-order chi connectivity index (χ1) is 7.59. The van der Waals surface area contributed by atoms with Crippen molar-refractivity contribution in [1.82, 2.24) is 0 Å². The van der Waals surface area contributed by atoms with Crippen molar-refractivity contribution in [3.05, 3.63) is 35.4 Å². The van der Waals surface area contributed by atoms with Crippen molar-refractivity contribution >= 4 is 5.71 Å². The van der Waals surface area contributed by atoms with Crippen LogP contribution in [0.3, 0.4) is 0 Å². The molecule has 0 amide bonds. The summed E-state index contributed by atoms with van der Waals surface area (Å²) in [5, 5.41) is 0. The smallest absolute Gasteiger partial charge is 0.284 e. The molecule has 1 aromatic rings. The SMILES string of the molecule is CC(=NC(C)(C)C)c1cccc(C(F)(F)F)c1. The third kappa shape index (κ3) is 4.21. The number of alkyl halides is 3. The van der Waals surface area contributed by atoms with Gasteiger partial charge < -0.3 is 0 Å². The molecule has 1 rings (SSSR count). The van der Waals surface area contributed by atoms with Gasteiger partial charge in [0.25, 0.3) is 0 Å². The lowest BCUT2D eigenvalue weighted by molar-refractivity contribution is -0.137. The van der Waals surface area contributed by atoms with Crippen LogP contribution in [0, 0.1) is 0 Å². The summed E-state index contributed by atoms with van der Waals surface area (Å²) >= 11 is 0. The van der Waals surface area contributed by atoms with E-state index in [0.29, 0.717) is 11.3 Å². The van der Waals surface area contributed by atoms with Gasteiger partial charge in [0.15, 0.2) is 0 Å². The summed E-state index contributed by atoms with van der Waals surface area (Å²) in [5.74, 6) is 0. The average molecular weight is 243 g/mol. The van der Waals surface area contributed by atoms with Crippen molar-refractivity contribution in [1.29, 1.82) is 0 Å². The van der Waals surface area contributed by atoms with Crippen LogP contribution in [0.4, 0.5) is 13.2 Å². The molecule has 0 atom stereocenters. The second-order valence-electron chi connectivity index (χ2n) is 4.95. The number of hydrogen-bond acceptors (Lipinski definition) is 1. The number of nitrogens with zero attached hydrogens (tertiary/aromatic N) is 1.